The van der Waals surface area contributed by atoms with E-state index in [9.17, 15) is 22.4 Å². The van der Waals surface area contributed by atoms with Gasteiger partial charge in [0.15, 0.2) is 0 Å². The summed E-state index contributed by atoms with van der Waals surface area (Å²) in [6.07, 6.45) is -0.250. The summed E-state index contributed by atoms with van der Waals surface area (Å²) >= 11 is 1.63. The van der Waals surface area contributed by atoms with Crippen molar-refractivity contribution in [2.45, 2.75) is 62.1 Å². The molecule has 2 fully saturated rings. The summed E-state index contributed by atoms with van der Waals surface area (Å²) in [7, 11) is 4.04. The first-order valence-corrected chi connectivity index (χ1v) is 16.1. The molecule has 1 aliphatic carbocycles. The minimum Gasteiger partial charge on any atom is -0.331 e. The smallest absolute Gasteiger partial charge is 0.331 e. The van der Waals surface area contributed by atoms with Gasteiger partial charge in [-0.3, -0.25) is 4.79 Å². The molecule has 11 heteroatoms. The molecule has 6 rings (SSSR count). The molecule has 1 N–H and O–H groups in total. The number of aromatic nitrogens is 2. The third-order valence-electron chi connectivity index (χ3n) is 9.31. The number of fused-ring (bicyclic) bond motifs is 1. The fourth-order valence-electron chi connectivity index (χ4n) is 6.73. The average Bonchev–Trinajstić information content (AvgIpc) is 3.65. The number of likely N-dealkylation sites (tertiary alicyclic amines) is 1. The number of hydrogen-bond acceptors (Lipinski definition) is 5. The summed E-state index contributed by atoms with van der Waals surface area (Å²) in [5, 5.41) is 2.59. The molecule has 0 spiro atoms. The Bertz CT molecular complexity index is 1680. The second-order valence-electron chi connectivity index (χ2n) is 12.2. The van der Waals surface area contributed by atoms with Gasteiger partial charge in [-0.25, -0.2) is 9.37 Å². The lowest BCUT2D eigenvalue weighted by Crippen LogP contribution is -2.42. The van der Waals surface area contributed by atoms with Gasteiger partial charge < -0.3 is 19.1 Å². The van der Waals surface area contributed by atoms with Gasteiger partial charge in [0.05, 0.1) is 22.3 Å². The highest BCUT2D eigenvalue weighted by Gasteiger charge is 2.37. The first-order valence-electron chi connectivity index (χ1n) is 15.3. The molecule has 4 aromatic rings. The van der Waals surface area contributed by atoms with Crippen LogP contribution in [-0.2, 0) is 18.0 Å². The molecule has 0 bridgehead atoms. The van der Waals surface area contributed by atoms with Crippen molar-refractivity contribution in [1.29, 1.82) is 0 Å². The molecule has 2 heterocycles. The molecule has 3 aromatic carbocycles. The monoisotopic (exact) mass is 639 g/mol. The molecule has 3 atom stereocenters. The molecule has 3 unspecified atom stereocenters. The van der Waals surface area contributed by atoms with Crippen molar-refractivity contribution >= 4 is 40.3 Å². The van der Waals surface area contributed by atoms with E-state index in [1.807, 2.05) is 21.0 Å². The van der Waals surface area contributed by atoms with Crippen LogP contribution in [0.5, 0.6) is 0 Å². The summed E-state index contributed by atoms with van der Waals surface area (Å²) in [4.78, 5) is 21.6. The normalized spacial score (nSPS) is 20.9. The second-order valence-corrected chi connectivity index (χ2v) is 13.4. The SMILES string of the molecule is Cc1nc2cc(SN(C)c3ccc(C4CC(C(=O)Nc5ccc(C(F)(F)F)cc5F)CC(N5CCCC5)C4)cc3)ccc2n1C. The molecule has 0 radical (unpaired) electrons. The van der Waals surface area contributed by atoms with E-state index in [-0.39, 0.29) is 29.5 Å². The van der Waals surface area contributed by atoms with Crippen LogP contribution in [0.3, 0.4) is 0 Å². The van der Waals surface area contributed by atoms with Crippen LogP contribution in [-0.4, -0.2) is 46.5 Å². The number of aryl methyl sites for hydroxylation is 2. The van der Waals surface area contributed by atoms with E-state index in [1.165, 1.54) is 0 Å². The van der Waals surface area contributed by atoms with E-state index in [1.54, 1.807) is 11.9 Å². The zero-order chi connectivity index (χ0) is 31.9. The van der Waals surface area contributed by atoms with E-state index in [2.05, 4.69) is 66.5 Å². The van der Waals surface area contributed by atoms with Gasteiger partial charge in [-0.1, -0.05) is 12.1 Å². The third kappa shape index (κ3) is 6.84. The number of nitrogens with zero attached hydrogens (tertiary/aromatic N) is 4. The van der Waals surface area contributed by atoms with Gasteiger partial charge >= 0.3 is 6.18 Å². The molecule has 1 aliphatic heterocycles. The van der Waals surface area contributed by atoms with Crippen LogP contribution >= 0.6 is 11.9 Å². The molecule has 1 saturated heterocycles. The minimum atomic E-state index is -4.65. The zero-order valence-corrected chi connectivity index (χ0v) is 26.4. The lowest BCUT2D eigenvalue weighted by Gasteiger charge is -2.39. The van der Waals surface area contributed by atoms with Gasteiger partial charge in [0.1, 0.15) is 11.6 Å². The number of halogens is 4. The Labute approximate surface area is 264 Å². The van der Waals surface area contributed by atoms with Crippen molar-refractivity contribution in [3.8, 4) is 0 Å². The number of carbonyl (C=O) groups excluding carboxylic acids is 1. The second kappa shape index (κ2) is 12.7. The van der Waals surface area contributed by atoms with Crippen LogP contribution in [0.25, 0.3) is 11.0 Å². The fraction of sp³-hybridized carbons (Fsp3) is 0.412. The Balaban J connectivity index is 1.16. The third-order valence-corrected chi connectivity index (χ3v) is 10.3. The van der Waals surface area contributed by atoms with Crippen LogP contribution in [0, 0.1) is 18.7 Å². The topological polar surface area (TPSA) is 53.4 Å². The minimum absolute atomic E-state index is 0.124. The van der Waals surface area contributed by atoms with Crippen molar-refractivity contribution in [3.63, 3.8) is 0 Å². The number of anilines is 2. The number of imidazole rings is 1. The number of nitrogens with one attached hydrogen (secondary N) is 1. The number of rotatable bonds is 7. The molecular weight excluding hydrogens is 602 g/mol. The van der Waals surface area contributed by atoms with Gasteiger partial charge in [0, 0.05) is 36.6 Å². The Morgan fingerprint density at radius 2 is 1.73 bits per heavy atom. The predicted molar refractivity (Wildman–Crippen MR) is 171 cm³/mol. The van der Waals surface area contributed by atoms with E-state index in [0.717, 1.165) is 77.5 Å². The molecule has 6 nitrogen and oxygen atoms in total. The highest BCUT2D eigenvalue weighted by Crippen LogP contribution is 2.41. The molecule has 238 valence electrons. The highest BCUT2D eigenvalue weighted by atomic mass is 32.2. The molecular formula is C34H37F4N5OS. The van der Waals surface area contributed by atoms with Gasteiger partial charge in [0.2, 0.25) is 5.91 Å². The van der Waals surface area contributed by atoms with Crippen molar-refractivity contribution in [2.24, 2.45) is 13.0 Å². The van der Waals surface area contributed by atoms with Crippen LogP contribution in [0.1, 0.15) is 55.0 Å². The maximum atomic E-state index is 14.6. The van der Waals surface area contributed by atoms with Crippen LogP contribution in [0.4, 0.5) is 28.9 Å². The van der Waals surface area contributed by atoms with Crippen LogP contribution < -0.4 is 9.62 Å². The summed E-state index contributed by atoms with van der Waals surface area (Å²) in [5.41, 5.74) is 2.94. The van der Waals surface area contributed by atoms with E-state index < -0.39 is 17.6 Å². The van der Waals surface area contributed by atoms with Gasteiger partial charge in [0.25, 0.3) is 0 Å². The van der Waals surface area contributed by atoms with E-state index >= 15 is 0 Å². The van der Waals surface area contributed by atoms with Crippen molar-refractivity contribution in [1.82, 2.24) is 14.5 Å². The maximum absolute atomic E-state index is 14.6. The molecule has 1 aromatic heterocycles. The molecule has 1 saturated carbocycles. The summed E-state index contributed by atoms with van der Waals surface area (Å²) < 4.78 is 57.8. The number of alkyl halides is 3. The van der Waals surface area contributed by atoms with Crippen molar-refractivity contribution in [2.75, 3.05) is 29.8 Å². The quantitative estimate of drug-likeness (QED) is 0.163. The number of hydrogen-bond donors (Lipinski definition) is 1. The standard InChI is InChI=1S/C34H37F4N5OS/c1-21-39-31-20-28(11-13-32(31)41(21)2)45-42(3)26-9-6-22(7-10-26)23-16-24(18-27(17-23)43-14-4-5-15-43)33(44)40-30-12-8-25(19-29(30)35)34(36,37)38/h6-13,19-20,23-24,27H,4-5,14-18H2,1-3H3,(H,40,44). The van der Waals surface area contributed by atoms with Gasteiger partial charge in [-0.05, 0) is 124 Å². The van der Waals surface area contributed by atoms with E-state index in [0.29, 0.717) is 18.9 Å². The zero-order valence-electron chi connectivity index (χ0n) is 25.6. The summed E-state index contributed by atoms with van der Waals surface area (Å²) in [6, 6.07) is 17.2. The van der Waals surface area contributed by atoms with Gasteiger partial charge in [-0.15, -0.1) is 0 Å². The Morgan fingerprint density at radius 3 is 2.42 bits per heavy atom. The van der Waals surface area contributed by atoms with Gasteiger partial charge in [-0.2, -0.15) is 13.2 Å². The van der Waals surface area contributed by atoms with Crippen LogP contribution in [0.15, 0.2) is 65.6 Å². The number of carbonyl (C=O) groups is 1. The molecule has 45 heavy (non-hydrogen) atoms. The van der Waals surface area contributed by atoms with E-state index in [4.69, 9.17) is 0 Å². The van der Waals surface area contributed by atoms with Crippen molar-refractivity contribution < 1.29 is 22.4 Å². The molecule has 2 aliphatic rings. The number of benzene rings is 3. The number of amides is 1. The average molecular weight is 640 g/mol. The summed E-state index contributed by atoms with van der Waals surface area (Å²) in [6.45, 7) is 3.97. The lowest BCUT2D eigenvalue weighted by atomic mass is 9.74. The Kier molecular flexibility index (Phi) is 8.85. The molecule has 1 amide bonds. The highest BCUT2D eigenvalue weighted by molar-refractivity contribution is 8.00. The largest absolute Gasteiger partial charge is 0.416 e. The Morgan fingerprint density at radius 1 is 1.00 bits per heavy atom. The fourth-order valence-corrected chi connectivity index (χ4v) is 7.57. The summed E-state index contributed by atoms with van der Waals surface area (Å²) in [5.74, 6) is -0.736. The predicted octanol–water partition coefficient (Wildman–Crippen LogP) is 8.17. The van der Waals surface area contributed by atoms with Crippen LogP contribution in [0.2, 0.25) is 0 Å². The first kappa shape index (κ1) is 31.4. The van der Waals surface area contributed by atoms with Crippen molar-refractivity contribution in [3.05, 3.63) is 83.4 Å². The lowest BCUT2D eigenvalue weighted by molar-refractivity contribution is -0.137. The Hall–Kier alpha value is -3.57. The first-order chi connectivity index (χ1) is 21.5. The maximum Gasteiger partial charge on any atom is 0.416 e.